The average Bonchev–Trinajstić information content (AvgIpc) is 3.14. The minimum Gasteiger partial charge on any atom is -0.357 e. The van der Waals surface area contributed by atoms with Crippen molar-refractivity contribution in [1.29, 1.82) is 0 Å². The number of halogens is 1. The summed E-state index contributed by atoms with van der Waals surface area (Å²) in [6.07, 6.45) is 2.82. The van der Waals surface area contributed by atoms with Crippen LogP contribution >= 0.6 is 46.7 Å². The topological polar surface area (TPSA) is 62.2 Å². The number of aromatic nitrogens is 2. The summed E-state index contributed by atoms with van der Waals surface area (Å²) in [4.78, 5) is 15.1. The number of thiazole rings is 2. The quantitative estimate of drug-likeness (QED) is 0.334. The van der Waals surface area contributed by atoms with Crippen molar-refractivity contribution in [2.75, 3.05) is 19.6 Å². The SMILES string of the molecule is CCNC(=NCCc1nc(C)c(C)s1)NCCc1csc(CC)n1.I. The van der Waals surface area contributed by atoms with Crippen LogP contribution in [0.5, 0.6) is 0 Å². The third kappa shape index (κ3) is 7.57. The van der Waals surface area contributed by atoms with Crippen molar-refractivity contribution in [1.82, 2.24) is 20.6 Å². The Bertz CT molecular complexity index is 646. The van der Waals surface area contributed by atoms with Gasteiger partial charge in [-0.25, -0.2) is 9.97 Å². The lowest BCUT2D eigenvalue weighted by Gasteiger charge is -2.10. The van der Waals surface area contributed by atoms with E-state index in [1.807, 2.05) is 0 Å². The standard InChI is InChI=1S/C17H27N5S2.HI/c1-5-15-22-14(11-23-15)7-9-19-17(18-6-2)20-10-8-16-21-12(3)13(4)24-16;/h11H,5-10H2,1-4H3,(H2,18,19,20);1H. The van der Waals surface area contributed by atoms with Gasteiger partial charge in [0.1, 0.15) is 0 Å². The summed E-state index contributed by atoms with van der Waals surface area (Å²) in [6, 6.07) is 0. The number of nitrogens with zero attached hydrogens (tertiary/aromatic N) is 3. The van der Waals surface area contributed by atoms with E-state index in [0.717, 1.165) is 56.2 Å². The molecule has 0 radical (unpaired) electrons. The second-order valence-electron chi connectivity index (χ2n) is 5.52. The van der Waals surface area contributed by atoms with Gasteiger partial charge in [-0.05, 0) is 27.2 Å². The number of rotatable bonds is 8. The summed E-state index contributed by atoms with van der Waals surface area (Å²) in [5.74, 6) is 0.869. The first-order valence-corrected chi connectivity index (χ1v) is 10.2. The van der Waals surface area contributed by atoms with Crippen LogP contribution in [-0.2, 0) is 19.3 Å². The van der Waals surface area contributed by atoms with E-state index >= 15 is 0 Å². The van der Waals surface area contributed by atoms with Gasteiger partial charge >= 0.3 is 0 Å². The van der Waals surface area contributed by atoms with Crippen molar-refractivity contribution in [3.05, 3.63) is 31.7 Å². The van der Waals surface area contributed by atoms with Gasteiger partial charge in [0.05, 0.1) is 21.4 Å². The number of hydrogen-bond donors (Lipinski definition) is 2. The highest BCUT2D eigenvalue weighted by molar-refractivity contribution is 14.0. The number of guanidine groups is 1. The van der Waals surface area contributed by atoms with Gasteiger partial charge in [0.25, 0.3) is 0 Å². The van der Waals surface area contributed by atoms with Gasteiger partial charge < -0.3 is 10.6 Å². The fraction of sp³-hybridized carbons (Fsp3) is 0.588. The van der Waals surface area contributed by atoms with Gasteiger partial charge in [-0.1, -0.05) is 6.92 Å². The molecule has 0 saturated carbocycles. The highest BCUT2D eigenvalue weighted by Gasteiger charge is 2.04. The fourth-order valence-corrected chi connectivity index (χ4v) is 3.89. The zero-order valence-corrected chi connectivity index (χ0v) is 19.3. The molecule has 2 rings (SSSR count). The highest BCUT2D eigenvalue weighted by atomic mass is 127. The van der Waals surface area contributed by atoms with Crippen LogP contribution in [0.1, 0.15) is 40.1 Å². The molecule has 0 aliphatic heterocycles. The molecule has 2 aromatic rings. The number of nitrogens with one attached hydrogen (secondary N) is 2. The maximum atomic E-state index is 4.64. The van der Waals surface area contributed by atoms with Gasteiger partial charge in [0.15, 0.2) is 5.96 Å². The van der Waals surface area contributed by atoms with E-state index in [9.17, 15) is 0 Å². The summed E-state index contributed by atoms with van der Waals surface area (Å²) in [6.45, 7) is 10.9. The zero-order chi connectivity index (χ0) is 17.4. The fourth-order valence-electron chi connectivity index (χ4n) is 2.19. The predicted octanol–water partition coefficient (Wildman–Crippen LogP) is 3.74. The number of aliphatic imine (C=N–C) groups is 1. The third-order valence-corrected chi connectivity index (χ3v) is 5.76. The van der Waals surface area contributed by atoms with Crippen LogP contribution in [0.3, 0.4) is 0 Å². The van der Waals surface area contributed by atoms with Gasteiger partial charge in [-0.15, -0.1) is 46.7 Å². The largest absolute Gasteiger partial charge is 0.357 e. The van der Waals surface area contributed by atoms with E-state index < -0.39 is 0 Å². The summed E-state index contributed by atoms with van der Waals surface area (Å²) in [7, 11) is 0. The number of aryl methyl sites for hydroxylation is 3. The Morgan fingerprint density at radius 1 is 1.12 bits per heavy atom. The minimum absolute atomic E-state index is 0. The van der Waals surface area contributed by atoms with Crippen LogP contribution in [0.2, 0.25) is 0 Å². The molecule has 0 aliphatic rings. The molecule has 0 unspecified atom stereocenters. The summed E-state index contributed by atoms with van der Waals surface area (Å²) >= 11 is 3.51. The molecule has 5 nitrogen and oxygen atoms in total. The Labute approximate surface area is 175 Å². The molecule has 140 valence electrons. The van der Waals surface area contributed by atoms with E-state index in [2.05, 4.69) is 58.7 Å². The van der Waals surface area contributed by atoms with Crippen LogP contribution in [-0.4, -0.2) is 35.6 Å². The van der Waals surface area contributed by atoms with Gasteiger partial charge in [0.2, 0.25) is 0 Å². The number of hydrogen-bond acceptors (Lipinski definition) is 5. The molecule has 0 saturated heterocycles. The molecule has 0 bridgehead atoms. The monoisotopic (exact) mass is 493 g/mol. The first kappa shape index (κ1) is 22.3. The molecule has 0 aromatic carbocycles. The van der Waals surface area contributed by atoms with Crippen molar-refractivity contribution in [2.24, 2.45) is 4.99 Å². The minimum atomic E-state index is 0. The van der Waals surface area contributed by atoms with Gasteiger partial charge in [-0.3, -0.25) is 4.99 Å². The van der Waals surface area contributed by atoms with E-state index in [-0.39, 0.29) is 24.0 Å². The molecule has 8 heteroatoms. The second kappa shape index (κ2) is 11.8. The van der Waals surface area contributed by atoms with Crippen molar-refractivity contribution in [3.63, 3.8) is 0 Å². The molecule has 2 heterocycles. The van der Waals surface area contributed by atoms with Gasteiger partial charge in [0, 0.05) is 42.7 Å². The second-order valence-corrected chi connectivity index (χ2v) is 7.75. The molecule has 0 spiro atoms. The van der Waals surface area contributed by atoms with Crippen molar-refractivity contribution >= 4 is 52.6 Å². The molecule has 0 atom stereocenters. The van der Waals surface area contributed by atoms with E-state index in [4.69, 9.17) is 0 Å². The molecule has 2 N–H and O–H groups in total. The van der Waals surface area contributed by atoms with Crippen molar-refractivity contribution < 1.29 is 0 Å². The highest BCUT2D eigenvalue weighted by Crippen LogP contribution is 2.16. The first-order valence-electron chi connectivity index (χ1n) is 8.50. The molecule has 0 fully saturated rings. The van der Waals surface area contributed by atoms with Crippen molar-refractivity contribution in [2.45, 2.75) is 47.0 Å². The van der Waals surface area contributed by atoms with E-state index in [1.165, 1.54) is 14.9 Å². The Morgan fingerprint density at radius 2 is 1.92 bits per heavy atom. The molecular weight excluding hydrogens is 465 g/mol. The molecule has 0 amide bonds. The first-order chi connectivity index (χ1) is 11.6. The normalized spacial score (nSPS) is 11.3. The zero-order valence-electron chi connectivity index (χ0n) is 15.4. The average molecular weight is 493 g/mol. The summed E-state index contributed by atoms with van der Waals surface area (Å²) < 4.78 is 0. The lowest BCUT2D eigenvalue weighted by molar-refractivity contribution is 0.786. The van der Waals surface area contributed by atoms with Gasteiger partial charge in [-0.2, -0.15) is 0 Å². The Morgan fingerprint density at radius 3 is 2.52 bits per heavy atom. The van der Waals surface area contributed by atoms with E-state index in [1.54, 1.807) is 22.7 Å². The maximum absolute atomic E-state index is 4.64. The summed E-state index contributed by atoms with van der Waals surface area (Å²) in [5, 5.41) is 11.2. The molecule has 25 heavy (non-hydrogen) atoms. The Hall–Kier alpha value is -0.740. The van der Waals surface area contributed by atoms with Crippen LogP contribution in [0, 0.1) is 13.8 Å². The maximum Gasteiger partial charge on any atom is 0.191 e. The third-order valence-electron chi connectivity index (χ3n) is 3.59. The van der Waals surface area contributed by atoms with Crippen molar-refractivity contribution in [3.8, 4) is 0 Å². The molecular formula is C17H28IN5S2. The Kier molecular flexibility index (Phi) is 10.5. The predicted molar refractivity (Wildman–Crippen MR) is 120 cm³/mol. The Balaban J connectivity index is 0.00000312. The lowest BCUT2D eigenvalue weighted by atomic mass is 10.3. The van der Waals surface area contributed by atoms with Crippen LogP contribution in [0.15, 0.2) is 10.4 Å². The van der Waals surface area contributed by atoms with Crippen LogP contribution in [0.4, 0.5) is 0 Å². The van der Waals surface area contributed by atoms with E-state index in [0.29, 0.717) is 0 Å². The van der Waals surface area contributed by atoms with Crippen LogP contribution < -0.4 is 10.6 Å². The molecule has 0 aliphatic carbocycles. The smallest absolute Gasteiger partial charge is 0.191 e. The lowest BCUT2D eigenvalue weighted by Crippen LogP contribution is -2.38. The molecule has 2 aromatic heterocycles. The summed E-state index contributed by atoms with van der Waals surface area (Å²) in [5.41, 5.74) is 2.30. The van der Waals surface area contributed by atoms with Crippen LogP contribution in [0.25, 0.3) is 0 Å².